The van der Waals surface area contributed by atoms with Crippen molar-refractivity contribution in [2.24, 2.45) is 5.73 Å². The molecular weight excluding hydrogens is 279 g/mol. The van der Waals surface area contributed by atoms with Crippen LogP contribution in [0.1, 0.15) is 12.0 Å². The zero-order chi connectivity index (χ0) is 14.6. The summed E-state index contributed by atoms with van der Waals surface area (Å²) in [5.74, 6) is 0.481. The van der Waals surface area contributed by atoms with E-state index in [1.165, 1.54) is 0 Å². The monoisotopic (exact) mass is 300 g/mol. The summed E-state index contributed by atoms with van der Waals surface area (Å²) in [6, 6.07) is 7.33. The lowest BCUT2D eigenvalue weighted by molar-refractivity contribution is 0.427. The van der Waals surface area contributed by atoms with Gasteiger partial charge in [0.25, 0.3) is 0 Å². The summed E-state index contributed by atoms with van der Waals surface area (Å²) < 4.78 is 35.5. The predicted molar refractivity (Wildman–Crippen MR) is 79.6 cm³/mol. The van der Waals surface area contributed by atoms with Crippen LogP contribution >= 0.6 is 0 Å². The highest BCUT2D eigenvalue weighted by molar-refractivity contribution is 7.91. The van der Waals surface area contributed by atoms with Crippen LogP contribution < -0.4 is 10.6 Å². The summed E-state index contributed by atoms with van der Waals surface area (Å²) in [5, 5.41) is 0. The van der Waals surface area contributed by atoms with Crippen molar-refractivity contribution in [3.05, 3.63) is 29.8 Å². The molecule has 0 aliphatic carbocycles. The van der Waals surface area contributed by atoms with Crippen LogP contribution in [0.5, 0.6) is 0 Å². The van der Waals surface area contributed by atoms with Crippen LogP contribution in [0.4, 0.5) is 10.1 Å². The highest BCUT2D eigenvalue weighted by Crippen LogP contribution is 2.18. The Morgan fingerprint density at radius 2 is 1.90 bits per heavy atom. The molecule has 1 aliphatic heterocycles. The lowest BCUT2D eigenvalue weighted by atomic mass is 10.1. The van der Waals surface area contributed by atoms with Gasteiger partial charge in [0.1, 0.15) is 6.67 Å². The van der Waals surface area contributed by atoms with E-state index >= 15 is 0 Å². The zero-order valence-corrected chi connectivity index (χ0v) is 12.3. The average Bonchev–Trinajstić information content (AvgIpc) is 2.60. The summed E-state index contributed by atoms with van der Waals surface area (Å²) in [6.45, 7) is 0.764. The van der Waals surface area contributed by atoms with Crippen LogP contribution in [0.15, 0.2) is 24.3 Å². The number of rotatable bonds is 4. The van der Waals surface area contributed by atoms with E-state index in [9.17, 15) is 12.8 Å². The summed E-state index contributed by atoms with van der Waals surface area (Å²) in [6.07, 6.45) is 1.18. The first kappa shape index (κ1) is 15.3. The SMILES string of the molecule is N[C@H](CF)Cc1ccc(N2CCCS(=O)(=O)CC2)cc1. The fourth-order valence-electron chi connectivity index (χ4n) is 2.40. The predicted octanol–water partition coefficient (Wildman–Crippen LogP) is 1.15. The topological polar surface area (TPSA) is 63.4 Å². The average molecular weight is 300 g/mol. The smallest absolute Gasteiger partial charge is 0.152 e. The van der Waals surface area contributed by atoms with E-state index in [4.69, 9.17) is 5.73 Å². The molecule has 0 amide bonds. The number of alkyl halides is 1. The van der Waals surface area contributed by atoms with Crippen molar-refractivity contribution < 1.29 is 12.8 Å². The number of anilines is 1. The molecule has 0 saturated carbocycles. The van der Waals surface area contributed by atoms with Gasteiger partial charge in [-0.1, -0.05) is 12.1 Å². The Hall–Kier alpha value is -1.14. The molecule has 0 spiro atoms. The molecule has 1 fully saturated rings. The molecule has 0 unspecified atom stereocenters. The van der Waals surface area contributed by atoms with Gasteiger partial charge in [-0.15, -0.1) is 0 Å². The molecule has 1 heterocycles. The summed E-state index contributed by atoms with van der Waals surface area (Å²) >= 11 is 0. The minimum Gasteiger partial charge on any atom is -0.370 e. The molecule has 6 heteroatoms. The van der Waals surface area contributed by atoms with Gasteiger partial charge in [0.05, 0.1) is 11.5 Å². The van der Waals surface area contributed by atoms with Gasteiger partial charge in [-0.25, -0.2) is 12.8 Å². The number of benzene rings is 1. The van der Waals surface area contributed by atoms with Crippen LogP contribution in [0, 0.1) is 0 Å². The lowest BCUT2D eigenvalue weighted by Crippen LogP contribution is -2.27. The molecule has 1 aliphatic rings. The third kappa shape index (κ3) is 4.18. The second-order valence-electron chi connectivity index (χ2n) is 5.28. The molecule has 1 atom stereocenters. The second kappa shape index (κ2) is 6.54. The number of sulfone groups is 1. The largest absolute Gasteiger partial charge is 0.370 e. The summed E-state index contributed by atoms with van der Waals surface area (Å²) in [4.78, 5) is 2.09. The van der Waals surface area contributed by atoms with Gasteiger partial charge in [-0.2, -0.15) is 0 Å². The first-order chi connectivity index (χ1) is 9.50. The minimum atomic E-state index is -2.89. The van der Waals surface area contributed by atoms with E-state index in [1.54, 1.807) is 0 Å². The molecule has 0 radical (unpaired) electrons. The van der Waals surface area contributed by atoms with Crippen LogP contribution in [0.3, 0.4) is 0 Å². The highest BCUT2D eigenvalue weighted by atomic mass is 32.2. The van der Waals surface area contributed by atoms with E-state index in [0.717, 1.165) is 17.8 Å². The fourth-order valence-corrected chi connectivity index (χ4v) is 3.67. The summed E-state index contributed by atoms with van der Waals surface area (Å²) in [7, 11) is -2.89. The Labute approximate surface area is 119 Å². The quantitative estimate of drug-likeness (QED) is 0.906. The van der Waals surface area contributed by atoms with E-state index in [1.807, 2.05) is 24.3 Å². The maximum absolute atomic E-state index is 12.4. The zero-order valence-electron chi connectivity index (χ0n) is 11.5. The van der Waals surface area contributed by atoms with Crippen molar-refractivity contribution in [3.63, 3.8) is 0 Å². The van der Waals surface area contributed by atoms with E-state index in [-0.39, 0.29) is 11.5 Å². The summed E-state index contributed by atoms with van der Waals surface area (Å²) in [5.41, 5.74) is 7.60. The van der Waals surface area contributed by atoms with Crippen molar-refractivity contribution in [1.29, 1.82) is 0 Å². The van der Waals surface area contributed by atoms with Gasteiger partial charge in [-0.05, 0) is 30.5 Å². The third-order valence-corrected chi connectivity index (χ3v) is 5.27. The molecule has 1 saturated heterocycles. The van der Waals surface area contributed by atoms with Crippen LogP contribution in [0.25, 0.3) is 0 Å². The van der Waals surface area contributed by atoms with Crippen LogP contribution in [0.2, 0.25) is 0 Å². The molecule has 4 nitrogen and oxygen atoms in total. The molecule has 0 aromatic heterocycles. The molecule has 112 valence electrons. The number of hydrogen-bond donors (Lipinski definition) is 1. The maximum Gasteiger partial charge on any atom is 0.152 e. The number of nitrogens with zero attached hydrogens (tertiary/aromatic N) is 1. The molecule has 20 heavy (non-hydrogen) atoms. The lowest BCUT2D eigenvalue weighted by Gasteiger charge is -2.22. The molecular formula is C14H21FN2O2S. The van der Waals surface area contributed by atoms with Gasteiger partial charge >= 0.3 is 0 Å². The van der Waals surface area contributed by atoms with Crippen molar-refractivity contribution in [1.82, 2.24) is 0 Å². The first-order valence-corrected chi connectivity index (χ1v) is 8.68. The molecule has 2 N–H and O–H groups in total. The maximum atomic E-state index is 12.4. The first-order valence-electron chi connectivity index (χ1n) is 6.86. The van der Waals surface area contributed by atoms with E-state index in [2.05, 4.69) is 4.90 Å². The fraction of sp³-hybridized carbons (Fsp3) is 0.571. The van der Waals surface area contributed by atoms with Crippen LogP contribution in [-0.4, -0.2) is 45.7 Å². The molecule has 1 aromatic rings. The Morgan fingerprint density at radius 3 is 2.55 bits per heavy atom. The molecule has 1 aromatic carbocycles. The van der Waals surface area contributed by atoms with Gasteiger partial charge in [-0.3, -0.25) is 0 Å². The van der Waals surface area contributed by atoms with Crippen molar-refractivity contribution >= 4 is 15.5 Å². The Balaban J connectivity index is 2.02. The van der Waals surface area contributed by atoms with Crippen LogP contribution in [-0.2, 0) is 16.3 Å². The van der Waals surface area contributed by atoms with Crippen molar-refractivity contribution in [3.8, 4) is 0 Å². The number of nitrogens with two attached hydrogens (primary N) is 1. The molecule has 2 rings (SSSR count). The van der Waals surface area contributed by atoms with Gasteiger partial charge < -0.3 is 10.6 Å². The van der Waals surface area contributed by atoms with Gasteiger partial charge in [0.2, 0.25) is 0 Å². The molecule has 0 bridgehead atoms. The highest BCUT2D eigenvalue weighted by Gasteiger charge is 2.19. The van der Waals surface area contributed by atoms with Crippen molar-refractivity contribution in [2.75, 3.05) is 36.2 Å². The van der Waals surface area contributed by atoms with E-state index in [0.29, 0.717) is 19.4 Å². The van der Waals surface area contributed by atoms with E-state index < -0.39 is 22.6 Å². The standard InChI is InChI=1S/C14H21FN2O2S/c15-11-13(16)10-12-2-4-14(5-3-12)17-6-1-8-20(18,19)9-7-17/h2-5,13H,1,6-11,16H2/t13-/m0/s1. The number of halogens is 1. The Bertz CT molecular complexity index is 531. The minimum absolute atomic E-state index is 0.210. The third-order valence-electron chi connectivity index (χ3n) is 3.55. The second-order valence-corrected chi connectivity index (χ2v) is 7.58. The van der Waals surface area contributed by atoms with Crippen molar-refractivity contribution in [2.45, 2.75) is 18.9 Å². The normalized spacial score (nSPS) is 20.4. The van der Waals surface area contributed by atoms with Gasteiger partial charge in [0, 0.05) is 24.8 Å². The number of hydrogen-bond acceptors (Lipinski definition) is 4. The Kier molecular flexibility index (Phi) is 4.99. The Morgan fingerprint density at radius 1 is 1.20 bits per heavy atom. The van der Waals surface area contributed by atoms with Gasteiger partial charge in [0.15, 0.2) is 9.84 Å².